The van der Waals surface area contributed by atoms with Gasteiger partial charge in [0.15, 0.2) is 0 Å². The smallest absolute Gasteiger partial charge is 0.127 e. The lowest BCUT2D eigenvalue weighted by molar-refractivity contribution is 0.607. The van der Waals surface area contributed by atoms with E-state index in [1.807, 2.05) is 12.1 Å². The predicted octanol–water partition coefficient (Wildman–Crippen LogP) is 6.42. The predicted molar refractivity (Wildman–Crippen MR) is 82.9 cm³/mol. The Morgan fingerprint density at radius 2 is 1.84 bits per heavy atom. The lowest BCUT2D eigenvalue weighted by Gasteiger charge is -2.13. The fraction of sp³-hybridized carbons (Fsp3) is 0.143. The Bertz CT molecular complexity index is 581. The van der Waals surface area contributed by atoms with Gasteiger partial charge >= 0.3 is 0 Å². The molecule has 19 heavy (non-hydrogen) atoms. The minimum absolute atomic E-state index is 0.286. The molecular weight excluding hydrogens is 373 g/mol. The largest absolute Gasteiger partial charge is 0.207 e. The Hall–Kier alpha value is -0.280. The normalized spacial score (nSPS) is 12.5. The summed E-state index contributed by atoms with van der Waals surface area (Å²) in [5.74, 6) is -0.355. The highest BCUT2D eigenvalue weighted by Crippen LogP contribution is 2.34. The number of hydrogen-bond donors (Lipinski definition) is 0. The van der Waals surface area contributed by atoms with E-state index in [4.69, 9.17) is 34.8 Å². The summed E-state index contributed by atoms with van der Waals surface area (Å²) in [5.41, 5.74) is 1.16. The standard InChI is InChI=1S/C14H9BrCl3F/c15-8-4-5-9(12(17)6-8)13(18)7-10-11(16)2-1-3-14(10)19/h1-6,13H,7H2. The van der Waals surface area contributed by atoms with Gasteiger partial charge in [-0.2, -0.15) is 0 Å². The first kappa shape index (κ1) is 15.1. The molecule has 0 aliphatic heterocycles. The average molecular weight is 382 g/mol. The second-order valence-corrected chi connectivity index (χ2v) is 6.29. The van der Waals surface area contributed by atoms with Crippen molar-refractivity contribution in [1.29, 1.82) is 0 Å². The molecule has 1 unspecified atom stereocenters. The van der Waals surface area contributed by atoms with Crippen LogP contribution in [0.4, 0.5) is 4.39 Å². The van der Waals surface area contributed by atoms with Crippen molar-refractivity contribution < 1.29 is 4.39 Å². The van der Waals surface area contributed by atoms with Gasteiger partial charge in [0.05, 0.1) is 5.38 Å². The van der Waals surface area contributed by atoms with Gasteiger partial charge in [0.1, 0.15) is 5.82 Å². The maximum absolute atomic E-state index is 13.7. The molecule has 2 rings (SSSR count). The first-order valence-corrected chi connectivity index (χ1v) is 7.49. The minimum atomic E-state index is -0.435. The third-order valence-electron chi connectivity index (χ3n) is 2.74. The van der Waals surface area contributed by atoms with Gasteiger partial charge < -0.3 is 0 Å². The molecule has 0 spiro atoms. The molecule has 100 valence electrons. The van der Waals surface area contributed by atoms with Crippen LogP contribution < -0.4 is 0 Å². The van der Waals surface area contributed by atoms with E-state index in [1.165, 1.54) is 6.07 Å². The molecule has 0 nitrogen and oxygen atoms in total. The van der Waals surface area contributed by atoms with Crippen LogP contribution in [-0.2, 0) is 6.42 Å². The van der Waals surface area contributed by atoms with E-state index < -0.39 is 5.38 Å². The van der Waals surface area contributed by atoms with E-state index in [0.717, 1.165) is 10.0 Å². The molecule has 0 fully saturated rings. The molecule has 2 aromatic carbocycles. The van der Waals surface area contributed by atoms with Gasteiger partial charge in [-0.15, -0.1) is 11.6 Å². The van der Waals surface area contributed by atoms with Crippen molar-refractivity contribution in [3.8, 4) is 0 Å². The van der Waals surface area contributed by atoms with Crippen molar-refractivity contribution in [2.45, 2.75) is 11.8 Å². The first-order chi connectivity index (χ1) is 8.99. The van der Waals surface area contributed by atoms with Crippen molar-refractivity contribution >= 4 is 50.7 Å². The van der Waals surface area contributed by atoms with E-state index in [2.05, 4.69) is 15.9 Å². The summed E-state index contributed by atoms with van der Waals surface area (Å²) in [6, 6.07) is 10.0. The van der Waals surface area contributed by atoms with Gasteiger partial charge in [-0.25, -0.2) is 4.39 Å². The topological polar surface area (TPSA) is 0 Å². The van der Waals surface area contributed by atoms with Crippen LogP contribution in [0, 0.1) is 5.82 Å². The number of benzene rings is 2. The van der Waals surface area contributed by atoms with E-state index in [-0.39, 0.29) is 12.2 Å². The monoisotopic (exact) mass is 380 g/mol. The second kappa shape index (κ2) is 6.45. The van der Waals surface area contributed by atoms with Gasteiger partial charge in [-0.3, -0.25) is 0 Å². The zero-order chi connectivity index (χ0) is 14.0. The molecule has 0 aromatic heterocycles. The Morgan fingerprint density at radius 1 is 1.11 bits per heavy atom. The number of hydrogen-bond acceptors (Lipinski definition) is 0. The molecular formula is C14H9BrCl3F. The van der Waals surface area contributed by atoms with Gasteiger partial charge in [0.2, 0.25) is 0 Å². The van der Waals surface area contributed by atoms with Gasteiger partial charge in [0.25, 0.3) is 0 Å². The summed E-state index contributed by atoms with van der Waals surface area (Å²) in [4.78, 5) is 0. The average Bonchev–Trinajstić information content (AvgIpc) is 2.33. The third-order valence-corrected chi connectivity index (χ3v) is 4.31. The van der Waals surface area contributed by atoms with Crippen LogP contribution in [0.25, 0.3) is 0 Å². The van der Waals surface area contributed by atoms with Gasteiger partial charge in [-0.1, -0.05) is 51.3 Å². The Morgan fingerprint density at radius 3 is 2.47 bits per heavy atom. The molecule has 0 aliphatic rings. The second-order valence-electron chi connectivity index (χ2n) is 4.04. The van der Waals surface area contributed by atoms with E-state index >= 15 is 0 Å². The van der Waals surface area contributed by atoms with Crippen molar-refractivity contribution in [1.82, 2.24) is 0 Å². The summed E-state index contributed by atoms with van der Waals surface area (Å²) < 4.78 is 14.6. The van der Waals surface area contributed by atoms with Crippen molar-refractivity contribution in [2.24, 2.45) is 0 Å². The summed E-state index contributed by atoms with van der Waals surface area (Å²) in [7, 11) is 0. The molecule has 0 N–H and O–H groups in total. The van der Waals surface area contributed by atoms with E-state index in [9.17, 15) is 4.39 Å². The fourth-order valence-electron chi connectivity index (χ4n) is 1.77. The highest BCUT2D eigenvalue weighted by Gasteiger charge is 2.17. The van der Waals surface area contributed by atoms with E-state index in [1.54, 1.807) is 18.2 Å². The van der Waals surface area contributed by atoms with Crippen LogP contribution >= 0.6 is 50.7 Å². The molecule has 0 saturated heterocycles. The molecule has 0 aliphatic carbocycles. The molecule has 0 heterocycles. The maximum Gasteiger partial charge on any atom is 0.127 e. The van der Waals surface area contributed by atoms with Crippen LogP contribution in [0.2, 0.25) is 10.0 Å². The Balaban J connectivity index is 2.28. The van der Waals surface area contributed by atoms with E-state index in [0.29, 0.717) is 15.6 Å². The highest BCUT2D eigenvalue weighted by molar-refractivity contribution is 9.10. The van der Waals surface area contributed by atoms with Crippen LogP contribution in [0.15, 0.2) is 40.9 Å². The first-order valence-electron chi connectivity index (χ1n) is 5.51. The summed E-state index contributed by atoms with van der Waals surface area (Å²) in [6.45, 7) is 0. The summed E-state index contributed by atoms with van der Waals surface area (Å²) in [5, 5.41) is 0.482. The van der Waals surface area contributed by atoms with Crippen molar-refractivity contribution in [3.63, 3.8) is 0 Å². The summed E-state index contributed by atoms with van der Waals surface area (Å²) in [6.07, 6.45) is 0.286. The number of alkyl halides is 1. The number of halogens is 5. The SMILES string of the molecule is Fc1cccc(Cl)c1CC(Cl)c1ccc(Br)cc1Cl. The van der Waals surface area contributed by atoms with Crippen molar-refractivity contribution in [2.75, 3.05) is 0 Å². The van der Waals surface area contributed by atoms with Gasteiger partial charge in [0, 0.05) is 20.1 Å². The molecule has 0 radical (unpaired) electrons. The zero-order valence-electron chi connectivity index (χ0n) is 9.64. The Kier molecular flexibility index (Phi) is 5.13. The lowest BCUT2D eigenvalue weighted by atomic mass is 10.0. The molecule has 2 aromatic rings. The Labute approximate surface area is 134 Å². The highest BCUT2D eigenvalue weighted by atomic mass is 79.9. The molecule has 1 atom stereocenters. The molecule has 0 bridgehead atoms. The lowest BCUT2D eigenvalue weighted by Crippen LogP contribution is -2.00. The van der Waals surface area contributed by atoms with Crippen LogP contribution in [0.3, 0.4) is 0 Å². The minimum Gasteiger partial charge on any atom is -0.207 e. The van der Waals surface area contributed by atoms with Crippen LogP contribution in [0.1, 0.15) is 16.5 Å². The van der Waals surface area contributed by atoms with Crippen LogP contribution in [0.5, 0.6) is 0 Å². The quantitative estimate of drug-likeness (QED) is 0.538. The fourth-order valence-corrected chi connectivity index (χ4v) is 3.22. The third kappa shape index (κ3) is 3.63. The molecule has 5 heteroatoms. The zero-order valence-corrected chi connectivity index (χ0v) is 13.5. The van der Waals surface area contributed by atoms with Crippen molar-refractivity contribution in [3.05, 3.63) is 67.9 Å². The number of rotatable bonds is 3. The molecule has 0 amide bonds. The maximum atomic E-state index is 13.7. The van der Waals surface area contributed by atoms with Crippen LogP contribution in [-0.4, -0.2) is 0 Å². The van der Waals surface area contributed by atoms with Gasteiger partial charge in [-0.05, 0) is 36.2 Å². The summed E-state index contributed by atoms with van der Waals surface area (Å²) >= 11 is 21.8. The molecule has 0 saturated carbocycles.